The lowest BCUT2D eigenvalue weighted by Gasteiger charge is -2.30. The molecule has 0 bridgehead atoms. The number of carbonyl (C=O) groups excluding carboxylic acids is 1. The second-order valence-corrected chi connectivity index (χ2v) is 3.97. The number of thiol groups is 1. The Labute approximate surface area is 104 Å². The standard InChI is InChI=1S/C9H14N4O3S/c1-2-16-5-12-3-10-6-7(12)11-9(15)13(4-14)8(6)17/h3,8,14,17H,2,4-5H2,1H3,(H,11,15). The highest BCUT2D eigenvalue weighted by Gasteiger charge is 2.33. The summed E-state index contributed by atoms with van der Waals surface area (Å²) in [6.45, 7) is 2.38. The molecule has 2 amide bonds. The Hall–Kier alpha value is -1.25. The van der Waals surface area contributed by atoms with Crippen molar-refractivity contribution in [2.24, 2.45) is 0 Å². The van der Waals surface area contributed by atoms with E-state index in [4.69, 9.17) is 9.84 Å². The van der Waals surface area contributed by atoms with Gasteiger partial charge in [0.2, 0.25) is 0 Å². The number of anilines is 1. The Morgan fingerprint density at radius 2 is 2.47 bits per heavy atom. The van der Waals surface area contributed by atoms with Crippen molar-refractivity contribution >= 4 is 24.5 Å². The van der Waals surface area contributed by atoms with Crippen LogP contribution in [0.1, 0.15) is 18.0 Å². The molecule has 1 unspecified atom stereocenters. The summed E-state index contributed by atoms with van der Waals surface area (Å²) in [7, 11) is 0. The number of nitrogens with zero attached hydrogens (tertiary/aromatic N) is 3. The number of ether oxygens (including phenoxy) is 1. The lowest BCUT2D eigenvalue weighted by molar-refractivity contribution is 0.0882. The molecular weight excluding hydrogens is 244 g/mol. The van der Waals surface area contributed by atoms with Gasteiger partial charge in [-0.25, -0.2) is 9.78 Å². The van der Waals surface area contributed by atoms with Gasteiger partial charge in [-0.3, -0.25) is 14.8 Å². The highest BCUT2D eigenvalue weighted by Crippen LogP contribution is 2.33. The van der Waals surface area contributed by atoms with Crippen LogP contribution in [0.5, 0.6) is 0 Å². The summed E-state index contributed by atoms with van der Waals surface area (Å²) in [5.41, 5.74) is 0.599. The fourth-order valence-electron chi connectivity index (χ4n) is 1.58. The topological polar surface area (TPSA) is 79.6 Å². The largest absolute Gasteiger partial charge is 0.376 e. The monoisotopic (exact) mass is 258 g/mol. The van der Waals surface area contributed by atoms with Crippen LogP contribution in [0.4, 0.5) is 10.6 Å². The Kier molecular flexibility index (Phi) is 3.55. The normalized spacial score (nSPS) is 19.1. The molecular formula is C9H14N4O3S. The van der Waals surface area contributed by atoms with Crippen LogP contribution in [-0.2, 0) is 11.5 Å². The number of aliphatic hydroxyl groups excluding tert-OH is 1. The van der Waals surface area contributed by atoms with E-state index >= 15 is 0 Å². The van der Waals surface area contributed by atoms with Crippen LogP contribution in [-0.4, -0.2) is 38.9 Å². The maximum Gasteiger partial charge on any atom is 0.326 e. The molecule has 2 N–H and O–H groups in total. The van der Waals surface area contributed by atoms with Gasteiger partial charge in [0.05, 0.1) is 6.33 Å². The fraction of sp³-hybridized carbons (Fsp3) is 0.556. The maximum absolute atomic E-state index is 11.6. The predicted molar refractivity (Wildman–Crippen MR) is 63.5 cm³/mol. The van der Waals surface area contributed by atoms with Gasteiger partial charge in [-0.1, -0.05) is 0 Å². The minimum absolute atomic E-state index is 0.318. The maximum atomic E-state index is 11.6. The molecule has 2 rings (SSSR count). The van der Waals surface area contributed by atoms with E-state index in [1.807, 2.05) is 6.92 Å². The average Bonchev–Trinajstić information content (AvgIpc) is 2.70. The third-order valence-corrected chi connectivity index (χ3v) is 3.00. The Morgan fingerprint density at radius 3 is 3.12 bits per heavy atom. The van der Waals surface area contributed by atoms with Gasteiger partial charge in [0.25, 0.3) is 0 Å². The first-order chi connectivity index (χ1) is 8.19. The summed E-state index contributed by atoms with van der Waals surface area (Å²) in [6.07, 6.45) is 1.57. The first kappa shape index (κ1) is 12.2. The van der Waals surface area contributed by atoms with E-state index in [9.17, 15) is 4.79 Å². The van der Waals surface area contributed by atoms with Crippen LogP contribution in [0.3, 0.4) is 0 Å². The van der Waals surface area contributed by atoms with Gasteiger partial charge in [0, 0.05) is 6.61 Å². The van der Waals surface area contributed by atoms with Gasteiger partial charge < -0.3 is 9.84 Å². The number of carbonyl (C=O) groups is 1. The Balaban J connectivity index is 2.27. The van der Waals surface area contributed by atoms with Gasteiger partial charge in [-0.15, -0.1) is 12.6 Å². The zero-order valence-electron chi connectivity index (χ0n) is 9.33. The van der Waals surface area contributed by atoms with E-state index in [0.717, 1.165) is 0 Å². The number of imidazole rings is 1. The SMILES string of the molecule is CCOCn1cnc2c1NC(=O)N(CO)C2S. The fourth-order valence-corrected chi connectivity index (χ4v) is 1.95. The van der Waals surface area contributed by atoms with Gasteiger partial charge in [-0.2, -0.15) is 0 Å². The van der Waals surface area contributed by atoms with E-state index in [1.165, 1.54) is 4.90 Å². The molecule has 94 valence electrons. The summed E-state index contributed by atoms with van der Waals surface area (Å²) in [6, 6.07) is -0.404. The van der Waals surface area contributed by atoms with Crippen molar-refractivity contribution < 1.29 is 14.6 Å². The molecule has 8 heteroatoms. The highest BCUT2D eigenvalue weighted by molar-refractivity contribution is 7.80. The predicted octanol–water partition coefficient (Wildman–Crippen LogP) is 0.603. The number of aromatic nitrogens is 2. The average molecular weight is 258 g/mol. The third-order valence-electron chi connectivity index (χ3n) is 2.48. The third kappa shape index (κ3) is 2.11. The van der Waals surface area contributed by atoms with Crippen LogP contribution in [0.15, 0.2) is 6.33 Å². The van der Waals surface area contributed by atoms with Crippen LogP contribution in [0, 0.1) is 0 Å². The molecule has 1 aromatic heterocycles. The summed E-state index contributed by atoms with van der Waals surface area (Å²) >= 11 is 4.27. The second-order valence-electron chi connectivity index (χ2n) is 3.49. The molecule has 0 aliphatic carbocycles. The molecule has 1 atom stereocenters. The number of rotatable bonds is 4. The van der Waals surface area contributed by atoms with Crippen molar-refractivity contribution in [1.29, 1.82) is 0 Å². The summed E-state index contributed by atoms with van der Waals surface area (Å²) in [4.78, 5) is 17.0. The van der Waals surface area contributed by atoms with E-state index in [-0.39, 0.29) is 0 Å². The summed E-state index contributed by atoms with van der Waals surface area (Å²) in [5, 5.41) is 11.2. The quantitative estimate of drug-likeness (QED) is 0.691. The zero-order valence-corrected chi connectivity index (χ0v) is 10.2. The van der Waals surface area contributed by atoms with Crippen LogP contribution in [0.25, 0.3) is 0 Å². The van der Waals surface area contributed by atoms with Crippen molar-refractivity contribution in [3.8, 4) is 0 Å². The first-order valence-corrected chi connectivity index (χ1v) is 5.70. The van der Waals surface area contributed by atoms with Crippen LogP contribution in [0.2, 0.25) is 0 Å². The van der Waals surface area contributed by atoms with E-state index in [0.29, 0.717) is 24.8 Å². The van der Waals surface area contributed by atoms with Crippen molar-refractivity contribution in [3.05, 3.63) is 12.0 Å². The van der Waals surface area contributed by atoms with Crippen LogP contribution >= 0.6 is 12.6 Å². The molecule has 0 saturated heterocycles. The molecule has 7 nitrogen and oxygen atoms in total. The highest BCUT2D eigenvalue weighted by atomic mass is 32.1. The van der Waals surface area contributed by atoms with Crippen molar-refractivity contribution in [3.63, 3.8) is 0 Å². The van der Waals surface area contributed by atoms with Crippen molar-refractivity contribution in [2.45, 2.75) is 19.0 Å². The van der Waals surface area contributed by atoms with Gasteiger partial charge in [0.15, 0.2) is 0 Å². The molecule has 1 aromatic rings. The number of urea groups is 1. The molecule has 0 aromatic carbocycles. The van der Waals surface area contributed by atoms with Crippen LogP contribution < -0.4 is 5.32 Å². The van der Waals surface area contributed by atoms with Crippen molar-refractivity contribution in [2.75, 3.05) is 18.7 Å². The van der Waals surface area contributed by atoms with Gasteiger partial charge >= 0.3 is 6.03 Å². The zero-order chi connectivity index (χ0) is 12.4. The van der Waals surface area contributed by atoms with Gasteiger partial charge in [-0.05, 0) is 6.92 Å². The van der Waals surface area contributed by atoms with E-state index in [2.05, 4.69) is 22.9 Å². The number of amides is 2. The number of fused-ring (bicyclic) bond motifs is 1. The van der Waals surface area contributed by atoms with E-state index < -0.39 is 18.1 Å². The molecule has 0 spiro atoms. The Morgan fingerprint density at radius 1 is 1.71 bits per heavy atom. The lowest BCUT2D eigenvalue weighted by atomic mass is 10.3. The summed E-state index contributed by atoms with van der Waals surface area (Å²) < 4.78 is 6.94. The molecule has 1 aliphatic heterocycles. The molecule has 0 saturated carbocycles. The number of aliphatic hydroxyl groups is 1. The molecule has 0 radical (unpaired) electrons. The minimum atomic E-state index is -0.549. The molecule has 2 heterocycles. The first-order valence-electron chi connectivity index (χ1n) is 5.18. The molecule has 17 heavy (non-hydrogen) atoms. The number of hydrogen-bond donors (Lipinski definition) is 3. The smallest absolute Gasteiger partial charge is 0.326 e. The van der Waals surface area contributed by atoms with Crippen molar-refractivity contribution in [1.82, 2.24) is 14.5 Å². The minimum Gasteiger partial charge on any atom is -0.376 e. The van der Waals surface area contributed by atoms with Gasteiger partial charge in [0.1, 0.15) is 30.3 Å². The summed E-state index contributed by atoms with van der Waals surface area (Å²) in [5.74, 6) is 0.563. The number of nitrogens with one attached hydrogen (secondary N) is 1. The van der Waals surface area contributed by atoms with E-state index in [1.54, 1.807) is 10.9 Å². The lowest BCUT2D eigenvalue weighted by Crippen LogP contribution is -2.41. The molecule has 1 aliphatic rings. The molecule has 0 fully saturated rings. The number of hydrogen-bond acceptors (Lipinski definition) is 5. The Bertz CT molecular complexity index is 422. The second kappa shape index (κ2) is 4.94.